The van der Waals surface area contributed by atoms with Crippen LogP contribution >= 0.6 is 0 Å². The zero-order chi connectivity index (χ0) is 14.5. The van der Waals surface area contributed by atoms with Crippen LogP contribution in [0.2, 0.25) is 0 Å². The average Bonchev–Trinajstić information content (AvgIpc) is 2.38. The van der Waals surface area contributed by atoms with Crippen LogP contribution in [-0.4, -0.2) is 27.0 Å². The van der Waals surface area contributed by atoms with E-state index in [1.54, 1.807) is 6.92 Å². The van der Waals surface area contributed by atoms with Crippen LogP contribution in [0.15, 0.2) is 29.2 Å². The van der Waals surface area contributed by atoms with Crippen molar-refractivity contribution < 1.29 is 17.9 Å². The number of nitrogens with zero attached hydrogens (tertiary/aromatic N) is 1. The minimum Gasteiger partial charge on any atom is -0.465 e. The van der Waals surface area contributed by atoms with E-state index in [-0.39, 0.29) is 11.5 Å². The van der Waals surface area contributed by atoms with E-state index in [1.807, 2.05) is 6.07 Å². The van der Waals surface area contributed by atoms with Crippen molar-refractivity contribution in [3.05, 3.63) is 29.8 Å². The Morgan fingerprint density at radius 3 is 2.47 bits per heavy atom. The normalized spacial score (nSPS) is 12.5. The molecule has 1 atom stereocenters. The molecule has 0 heterocycles. The number of rotatable bonds is 5. The number of nitrogens with one attached hydrogen (secondary N) is 1. The zero-order valence-electron chi connectivity index (χ0n) is 10.6. The Kier molecular flexibility index (Phi) is 5.03. The van der Waals surface area contributed by atoms with E-state index in [4.69, 9.17) is 10.00 Å². The molecule has 0 saturated carbocycles. The fraction of sp³-hybridized carbons (Fsp3) is 0.333. The standard InChI is InChI=1S/C12H14N2O4S/c1-3-18-12(15)9(2)14-19(16,17)11-6-4-10(8-13)5-7-11/h4-7,9,14H,3H2,1-2H3. The maximum absolute atomic E-state index is 11.9. The highest BCUT2D eigenvalue weighted by atomic mass is 32.2. The number of benzene rings is 1. The minimum absolute atomic E-state index is 0.0114. The zero-order valence-corrected chi connectivity index (χ0v) is 11.4. The van der Waals surface area contributed by atoms with Crippen molar-refractivity contribution in [1.82, 2.24) is 4.72 Å². The van der Waals surface area contributed by atoms with Crippen molar-refractivity contribution in [2.45, 2.75) is 24.8 Å². The number of carbonyl (C=O) groups is 1. The molecule has 0 spiro atoms. The SMILES string of the molecule is CCOC(=O)C(C)NS(=O)(=O)c1ccc(C#N)cc1. The fourth-order valence-electron chi connectivity index (χ4n) is 1.32. The Morgan fingerprint density at radius 2 is 2.00 bits per heavy atom. The van der Waals surface area contributed by atoms with Gasteiger partial charge in [-0.05, 0) is 38.1 Å². The van der Waals surface area contributed by atoms with Crippen LogP contribution in [0.25, 0.3) is 0 Å². The molecule has 0 saturated heterocycles. The van der Waals surface area contributed by atoms with Gasteiger partial charge in [-0.2, -0.15) is 9.98 Å². The summed E-state index contributed by atoms with van der Waals surface area (Å²) in [7, 11) is -3.81. The second-order valence-corrected chi connectivity index (χ2v) is 5.45. The fourth-order valence-corrected chi connectivity index (χ4v) is 2.52. The first-order valence-electron chi connectivity index (χ1n) is 5.60. The number of nitriles is 1. The molecule has 6 nitrogen and oxygen atoms in total. The summed E-state index contributed by atoms with van der Waals surface area (Å²) in [4.78, 5) is 11.3. The monoisotopic (exact) mass is 282 g/mol. The second kappa shape index (κ2) is 6.31. The molecule has 0 aliphatic carbocycles. The smallest absolute Gasteiger partial charge is 0.323 e. The molecule has 0 aliphatic heterocycles. The summed E-state index contributed by atoms with van der Waals surface area (Å²) in [6.07, 6.45) is 0. The van der Waals surface area contributed by atoms with Gasteiger partial charge in [0.1, 0.15) is 6.04 Å². The summed E-state index contributed by atoms with van der Waals surface area (Å²) in [5.41, 5.74) is 0.359. The number of sulfonamides is 1. The predicted octanol–water partition coefficient (Wildman–Crippen LogP) is 0.788. The first kappa shape index (κ1) is 15.1. The molecule has 1 aromatic carbocycles. The van der Waals surface area contributed by atoms with Gasteiger partial charge in [0.05, 0.1) is 23.1 Å². The lowest BCUT2D eigenvalue weighted by molar-refractivity contribution is -0.144. The Hall–Kier alpha value is -1.91. The molecule has 0 radical (unpaired) electrons. The van der Waals surface area contributed by atoms with Crippen molar-refractivity contribution in [2.24, 2.45) is 0 Å². The van der Waals surface area contributed by atoms with Crippen LogP contribution in [0.3, 0.4) is 0 Å². The van der Waals surface area contributed by atoms with Gasteiger partial charge >= 0.3 is 5.97 Å². The summed E-state index contributed by atoms with van der Waals surface area (Å²) in [5, 5.41) is 8.63. The van der Waals surface area contributed by atoms with Gasteiger partial charge in [0, 0.05) is 0 Å². The number of esters is 1. The second-order valence-electron chi connectivity index (χ2n) is 3.73. The molecule has 0 aromatic heterocycles. The lowest BCUT2D eigenvalue weighted by Crippen LogP contribution is -2.39. The highest BCUT2D eigenvalue weighted by Crippen LogP contribution is 2.10. The summed E-state index contributed by atoms with van der Waals surface area (Å²) in [6, 6.07) is 6.31. The first-order chi connectivity index (χ1) is 8.90. The Balaban J connectivity index is 2.86. The largest absolute Gasteiger partial charge is 0.465 e. The highest BCUT2D eigenvalue weighted by Gasteiger charge is 2.22. The van der Waals surface area contributed by atoms with Gasteiger partial charge in [0.25, 0.3) is 0 Å². The van der Waals surface area contributed by atoms with E-state index in [9.17, 15) is 13.2 Å². The topological polar surface area (TPSA) is 96.3 Å². The summed E-state index contributed by atoms with van der Waals surface area (Å²) >= 11 is 0. The van der Waals surface area contributed by atoms with Gasteiger partial charge in [-0.15, -0.1) is 0 Å². The third-order valence-electron chi connectivity index (χ3n) is 2.27. The number of hydrogen-bond acceptors (Lipinski definition) is 5. The molecular formula is C12H14N2O4S. The van der Waals surface area contributed by atoms with Crippen LogP contribution in [0.4, 0.5) is 0 Å². The van der Waals surface area contributed by atoms with Crippen LogP contribution in [0, 0.1) is 11.3 Å². The van der Waals surface area contributed by atoms with Crippen LogP contribution < -0.4 is 4.72 Å². The summed E-state index contributed by atoms with van der Waals surface area (Å²) in [5.74, 6) is -0.639. The number of hydrogen-bond donors (Lipinski definition) is 1. The molecule has 0 fully saturated rings. The molecule has 0 aliphatic rings. The third-order valence-corrected chi connectivity index (χ3v) is 3.82. The van der Waals surface area contributed by atoms with Crippen molar-refractivity contribution in [3.8, 4) is 6.07 Å². The molecule has 1 rings (SSSR count). The van der Waals surface area contributed by atoms with E-state index in [0.717, 1.165) is 0 Å². The van der Waals surface area contributed by atoms with Gasteiger partial charge in [0.2, 0.25) is 10.0 Å². The lowest BCUT2D eigenvalue weighted by atomic mass is 10.2. The Labute approximate surface area is 112 Å². The molecule has 19 heavy (non-hydrogen) atoms. The molecule has 7 heteroatoms. The van der Waals surface area contributed by atoms with Gasteiger partial charge in [-0.3, -0.25) is 4.79 Å². The van der Waals surface area contributed by atoms with Crippen molar-refractivity contribution in [1.29, 1.82) is 5.26 Å². The van der Waals surface area contributed by atoms with Gasteiger partial charge < -0.3 is 4.74 Å². The number of ether oxygens (including phenoxy) is 1. The van der Waals surface area contributed by atoms with Gasteiger partial charge in [0.15, 0.2) is 0 Å². The van der Waals surface area contributed by atoms with Crippen LogP contribution in [0.1, 0.15) is 19.4 Å². The number of carbonyl (C=O) groups excluding carboxylic acids is 1. The lowest BCUT2D eigenvalue weighted by Gasteiger charge is -2.13. The van der Waals surface area contributed by atoms with E-state index >= 15 is 0 Å². The van der Waals surface area contributed by atoms with Crippen LogP contribution in [-0.2, 0) is 19.6 Å². The van der Waals surface area contributed by atoms with E-state index in [0.29, 0.717) is 5.56 Å². The van der Waals surface area contributed by atoms with E-state index in [2.05, 4.69) is 4.72 Å². The molecule has 1 N–H and O–H groups in total. The van der Waals surface area contributed by atoms with Gasteiger partial charge in [-0.1, -0.05) is 0 Å². The molecule has 0 amide bonds. The van der Waals surface area contributed by atoms with E-state index in [1.165, 1.54) is 31.2 Å². The third kappa shape index (κ3) is 4.05. The van der Waals surface area contributed by atoms with Crippen LogP contribution in [0.5, 0.6) is 0 Å². The molecule has 0 bridgehead atoms. The Bertz CT molecular complexity index is 587. The summed E-state index contributed by atoms with van der Waals surface area (Å²) in [6.45, 7) is 3.22. The molecular weight excluding hydrogens is 268 g/mol. The molecule has 1 unspecified atom stereocenters. The van der Waals surface area contributed by atoms with Crippen molar-refractivity contribution >= 4 is 16.0 Å². The van der Waals surface area contributed by atoms with Crippen molar-refractivity contribution in [3.63, 3.8) is 0 Å². The highest BCUT2D eigenvalue weighted by molar-refractivity contribution is 7.89. The predicted molar refractivity (Wildman–Crippen MR) is 67.6 cm³/mol. The Morgan fingerprint density at radius 1 is 1.42 bits per heavy atom. The van der Waals surface area contributed by atoms with Crippen molar-refractivity contribution in [2.75, 3.05) is 6.61 Å². The first-order valence-corrected chi connectivity index (χ1v) is 7.08. The summed E-state index contributed by atoms with van der Waals surface area (Å²) < 4.78 is 30.8. The molecule has 102 valence electrons. The average molecular weight is 282 g/mol. The quantitative estimate of drug-likeness (QED) is 0.805. The molecule has 1 aromatic rings. The maximum Gasteiger partial charge on any atom is 0.323 e. The minimum atomic E-state index is -3.81. The van der Waals surface area contributed by atoms with E-state index < -0.39 is 22.0 Å². The maximum atomic E-state index is 11.9. The van der Waals surface area contributed by atoms with Gasteiger partial charge in [-0.25, -0.2) is 8.42 Å².